The molecule has 0 aliphatic heterocycles. The molecule has 366 valence electrons. The molecule has 0 N–H and O–H groups in total. The molecule has 11 aromatic carbocycles. The molecule has 0 amide bonds. The number of hydrogen-bond donors (Lipinski definition) is 0. The van der Waals surface area contributed by atoms with Gasteiger partial charge in [0.15, 0.2) is 0 Å². The van der Waals surface area contributed by atoms with Gasteiger partial charge in [0.2, 0.25) is 0 Å². The molecule has 0 radical (unpaired) electrons. The van der Waals surface area contributed by atoms with Crippen molar-refractivity contribution in [2.45, 2.75) is 110 Å². The molecule has 0 aromatic heterocycles. The molecule has 0 heterocycles. The maximum absolute atomic E-state index is 2.49. The molecule has 0 unspecified atom stereocenters. The summed E-state index contributed by atoms with van der Waals surface area (Å²) in [5, 5.41) is 8.01. The van der Waals surface area contributed by atoms with Crippen LogP contribution >= 0.6 is 0 Å². The van der Waals surface area contributed by atoms with E-state index in [2.05, 4.69) is 265 Å². The van der Waals surface area contributed by atoms with E-state index in [0.717, 1.165) is 0 Å². The van der Waals surface area contributed by atoms with Crippen LogP contribution in [0.15, 0.2) is 182 Å². The number of rotatable bonds is 4. The molecule has 3 aliphatic rings. The van der Waals surface area contributed by atoms with Crippen molar-refractivity contribution in [2.24, 2.45) is 0 Å². The minimum absolute atomic E-state index is 0.0658. The largest absolute Gasteiger partial charge is 0.0579 e. The smallest absolute Gasteiger partial charge is 0.0159 e. The van der Waals surface area contributed by atoms with Crippen LogP contribution in [-0.4, -0.2) is 0 Å². The monoisotopic (exact) mass is 967 g/mol. The van der Waals surface area contributed by atoms with E-state index in [1.807, 2.05) is 0 Å². The summed E-state index contributed by atoms with van der Waals surface area (Å²) in [5.74, 6) is 0. The van der Waals surface area contributed by atoms with Gasteiger partial charge in [-0.3, -0.25) is 0 Å². The van der Waals surface area contributed by atoms with Gasteiger partial charge in [0.05, 0.1) is 0 Å². The normalized spacial score (nSPS) is 15.5. The highest BCUT2D eigenvalue weighted by Crippen LogP contribution is 2.55. The van der Waals surface area contributed by atoms with Crippen LogP contribution in [0, 0.1) is 0 Å². The zero-order valence-corrected chi connectivity index (χ0v) is 45.8. The van der Waals surface area contributed by atoms with Crippen molar-refractivity contribution in [3.05, 3.63) is 226 Å². The third-order valence-electron chi connectivity index (χ3n) is 18.6. The summed E-state index contributed by atoms with van der Waals surface area (Å²) in [6.45, 7) is 28.3. The number of fused-ring (bicyclic) bond motifs is 9. The van der Waals surface area contributed by atoms with Crippen molar-refractivity contribution >= 4 is 32.3 Å². The van der Waals surface area contributed by atoms with Gasteiger partial charge in [-0.15, -0.1) is 0 Å². The van der Waals surface area contributed by atoms with Crippen LogP contribution in [0.4, 0.5) is 0 Å². The molecule has 0 heteroatoms. The Kier molecular flexibility index (Phi) is 9.39. The second-order valence-corrected chi connectivity index (χ2v) is 26.2. The Labute approximate surface area is 444 Å². The van der Waals surface area contributed by atoms with E-state index in [-0.39, 0.29) is 27.1 Å². The summed E-state index contributed by atoms with van der Waals surface area (Å²) in [5.41, 5.74) is 29.4. The van der Waals surface area contributed by atoms with Gasteiger partial charge in [-0.1, -0.05) is 235 Å². The van der Waals surface area contributed by atoms with E-state index in [0.29, 0.717) is 0 Å². The molecule has 0 spiro atoms. The third kappa shape index (κ3) is 6.67. The van der Waals surface area contributed by atoms with Gasteiger partial charge < -0.3 is 0 Å². The van der Waals surface area contributed by atoms with Crippen LogP contribution in [0.25, 0.3) is 110 Å². The molecule has 0 bridgehead atoms. The lowest BCUT2D eigenvalue weighted by molar-refractivity contribution is 0.584. The molecule has 14 rings (SSSR count). The molecule has 0 saturated heterocycles. The van der Waals surface area contributed by atoms with Crippen LogP contribution in [0.1, 0.15) is 128 Å². The Bertz CT molecular complexity index is 4230. The molecule has 75 heavy (non-hydrogen) atoms. The van der Waals surface area contributed by atoms with Crippen LogP contribution in [0.5, 0.6) is 0 Å². The first-order valence-corrected chi connectivity index (χ1v) is 27.4. The Hall–Kier alpha value is -7.54. The lowest BCUT2D eigenvalue weighted by atomic mass is 9.78. The van der Waals surface area contributed by atoms with Crippen LogP contribution in [0.2, 0.25) is 0 Å². The van der Waals surface area contributed by atoms with Gasteiger partial charge in [-0.05, 0) is 196 Å². The van der Waals surface area contributed by atoms with E-state index in [1.54, 1.807) is 0 Å². The first-order chi connectivity index (χ1) is 35.7. The number of hydrogen-bond acceptors (Lipinski definition) is 0. The quantitative estimate of drug-likeness (QED) is 0.154. The summed E-state index contributed by atoms with van der Waals surface area (Å²) in [6, 6.07) is 71.2. The first kappa shape index (κ1) is 46.0. The van der Waals surface area contributed by atoms with Crippen molar-refractivity contribution in [1.82, 2.24) is 0 Å². The summed E-state index contributed by atoms with van der Waals surface area (Å²) in [6.07, 6.45) is 0. The predicted octanol–water partition coefficient (Wildman–Crippen LogP) is 20.8. The maximum atomic E-state index is 2.49. The summed E-state index contributed by atoms with van der Waals surface area (Å²) in [7, 11) is 0. The molecular weight excluding hydrogens is 901 g/mol. The highest BCUT2D eigenvalue weighted by molar-refractivity contribution is 6.25. The fourth-order valence-electron chi connectivity index (χ4n) is 13.9. The highest BCUT2D eigenvalue weighted by Gasteiger charge is 2.40. The molecule has 0 fully saturated rings. The summed E-state index contributed by atoms with van der Waals surface area (Å²) in [4.78, 5) is 0. The molecule has 3 aliphatic carbocycles. The Balaban J connectivity index is 0.740. The topological polar surface area (TPSA) is 0 Å². The van der Waals surface area contributed by atoms with Crippen LogP contribution < -0.4 is 0 Å². The van der Waals surface area contributed by atoms with E-state index >= 15 is 0 Å². The minimum atomic E-state index is -0.153. The summed E-state index contributed by atoms with van der Waals surface area (Å²) >= 11 is 0. The van der Waals surface area contributed by atoms with Crippen molar-refractivity contribution in [2.75, 3.05) is 0 Å². The van der Waals surface area contributed by atoms with Gasteiger partial charge in [-0.2, -0.15) is 0 Å². The van der Waals surface area contributed by atoms with Crippen LogP contribution in [0.3, 0.4) is 0 Å². The fourth-order valence-corrected chi connectivity index (χ4v) is 13.9. The van der Waals surface area contributed by atoms with Gasteiger partial charge in [0.25, 0.3) is 0 Å². The zero-order chi connectivity index (χ0) is 51.9. The summed E-state index contributed by atoms with van der Waals surface area (Å²) < 4.78 is 0. The molecule has 11 aromatic rings. The van der Waals surface area contributed by atoms with Crippen molar-refractivity contribution in [3.63, 3.8) is 0 Å². The van der Waals surface area contributed by atoms with Gasteiger partial charge in [0.1, 0.15) is 0 Å². The van der Waals surface area contributed by atoms with Crippen molar-refractivity contribution < 1.29 is 0 Å². The third-order valence-corrected chi connectivity index (χ3v) is 18.6. The maximum Gasteiger partial charge on any atom is 0.0159 e. The number of benzene rings is 11. The van der Waals surface area contributed by atoms with Gasteiger partial charge >= 0.3 is 0 Å². The molecule has 0 nitrogen and oxygen atoms in total. The molecule has 0 saturated carbocycles. The standard InChI is InChI=1S/C75H66/c1-71(2,3)53-26-34-61-60-32-24-50(41-67(60)75(11,12)68(61)42-53)49-23-31-59-58-30-22-48(39-65(58)74(9,10)66(59)40-49)47-21-29-57-56-28-20-46(37-63(56)73(7,8)64(57)38-47)43-13-15-44(16-14-43)55-27-19-45-17-18-51-35-54(72(4,5)6)36-52-25-33-62(55)70(45)69(51)52/h13-42H,1-12H3. The molecule has 0 atom stereocenters. The van der Waals surface area contributed by atoms with E-state index in [1.165, 1.54) is 155 Å². The van der Waals surface area contributed by atoms with Gasteiger partial charge in [0, 0.05) is 16.2 Å². The lowest BCUT2D eigenvalue weighted by Crippen LogP contribution is -2.17. The second-order valence-electron chi connectivity index (χ2n) is 26.2. The fraction of sp³-hybridized carbons (Fsp3) is 0.227. The minimum Gasteiger partial charge on any atom is -0.0579 e. The van der Waals surface area contributed by atoms with E-state index < -0.39 is 0 Å². The van der Waals surface area contributed by atoms with E-state index in [4.69, 9.17) is 0 Å². The average molecular weight is 967 g/mol. The van der Waals surface area contributed by atoms with E-state index in [9.17, 15) is 0 Å². The Morgan fingerprint density at radius 1 is 0.240 bits per heavy atom. The zero-order valence-electron chi connectivity index (χ0n) is 45.8. The van der Waals surface area contributed by atoms with Crippen molar-refractivity contribution in [3.8, 4) is 77.9 Å². The van der Waals surface area contributed by atoms with Crippen molar-refractivity contribution in [1.29, 1.82) is 0 Å². The second kappa shape index (κ2) is 15.3. The predicted molar refractivity (Wildman–Crippen MR) is 322 cm³/mol. The first-order valence-electron chi connectivity index (χ1n) is 27.4. The highest BCUT2D eigenvalue weighted by atomic mass is 14.4. The SMILES string of the molecule is CC(C)(C)c1ccc2c(c1)C(C)(C)c1cc(-c3ccc4c(c3)C(C)(C)c3cc(-c5ccc6c(c5)C(C)(C)c5cc(-c7ccc(-c8ccc9ccc%10cc(C(C)(C)C)cc%11ccc8c9c%10%11)cc7)ccc5-6)ccc3-4)ccc1-2. The molecular formula is C75H66. The van der Waals surface area contributed by atoms with Gasteiger partial charge in [-0.25, -0.2) is 0 Å². The Morgan fingerprint density at radius 2 is 0.547 bits per heavy atom. The Morgan fingerprint density at radius 3 is 0.960 bits per heavy atom. The van der Waals surface area contributed by atoms with Crippen LogP contribution in [-0.2, 0) is 27.1 Å². The average Bonchev–Trinajstić information content (AvgIpc) is 3.93. The lowest BCUT2D eigenvalue weighted by Gasteiger charge is -2.25.